The molecule has 0 aliphatic carbocycles. The molecule has 0 unspecified atom stereocenters. The van der Waals surface area contributed by atoms with Crippen molar-refractivity contribution in [3.8, 4) is 20.5 Å². The molecule has 150 valence electrons. The van der Waals surface area contributed by atoms with Crippen LogP contribution in [0.25, 0.3) is 20.5 Å². The van der Waals surface area contributed by atoms with E-state index in [9.17, 15) is 8.42 Å². The van der Waals surface area contributed by atoms with Crippen molar-refractivity contribution < 1.29 is 13.3 Å². The molecule has 0 bridgehead atoms. The summed E-state index contributed by atoms with van der Waals surface area (Å²) in [6.07, 6.45) is 8.42. The molecular formula is C18H17N5O3S3. The molecule has 0 saturated carbocycles. The molecule has 29 heavy (non-hydrogen) atoms. The van der Waals surface area contributed by atoms with Gasteiger partial charge in [0.2, 0.25) is 10.0 Å². The largest absolute Gasteiger partial charge is 0.391 e. The molecule has 8 nitrogen and oxygen atoms in total. The van der Waals surface area contributed by atoms with Crippen LogP contribution in [0.1, 0.15) is 12.1 Å². The maximum Gasteiger partial charge on any atom is 0.232 e. The first kappa shape index (κ1) is 19.7. The Labute approximate surface area is 176 Å². The first-order valence-electron chi connectivity index (χ1n) is 8.62. The Balaban J connectivity index is 1.74. The summed E-state index contributed by atoms with van der Waals surface area (Å²) in [5, 5.41) is 6.20. The Kier molecular flexibility index (Phi) is 5.43. The molecule has 3 aromatic rings. The highest BCUT2D eigenvalue weighted by atomic mass is 32.2. The van der Waals surface area contributed by atoms with Gasteiger partial charge in [0.15, 0.2) is 0 Å². The zero-order chi connectivity index (χ0) is 20.4. The average molecular weight is 448 g/mol. The molecule has 1 aliphatic rings. The van der Waals surface area contributed by atoms with Crippen LogP contribution in [-0.2, 0) is 14.9 Å². The standard InChI is InChI=1S/C18H17N5O3S3/c1-3-9-26-22-13-6-8-23(29(2,24)25)18-15(13)21-17(28-18)14-11-20-16(27-14)12-5-4-7-19-10-12/h3-5,7,10-11H,1,6,8-9H2,2H3. The summed E-state index contributed by atoms with van der Waals surface area (Å²) in [6.45, 7) is 4.17. The van der Waals surface area contributed by atoms with Crippen LogP contribution in [-0.4, -0.2) is 48.5 Å². The second kappa shape index (κ2) is 8.01. The first-order valence-corrected chi connectivity index (χ1v) is 12.1. The lowest BCUT2D eigenvalue weighted by molar-refractivity contribution is 0.174. The minimum absolute atomic E-state index is 0.273. The van der Waals surface area contributed by atoms with Gasteiger partial charge in [-0.05, 0) is 12.1 Å². The Morgan fingerprint density at radius 2 is 2.21 bits per heavy atom. The third kappa shape index (κ3) is 4.07. The number of thiazole rings is 2. The van der Waals surface area contributed by atoms with Crippen molar-refractivity contribution >= 4 is 43.4 Å². The number of hydrogen-bond donors (Lipinski definition) is 0. The molecule has 0 spiro atoms. The number of rotatable bonds is 6. The van der Waals surface area contributed by atoms with E-state index in [1.54, 1.807) is 24.7 Å². The van der Waals surface area contributed by atoms with E-state index in [2.05, 4.69) is 26.7 Å². The number of sulfonamides is 1. The van der Waals surface area contributed by atoms with Crippen molar-refractivity contribution in [3.63, 3.8) is 0 Å². The van der Waals surface area contributed by atoms with Gasteiger partial charge >= 0.3 is 0 Å². The lowest BCUT2D eigenvalue weighted by Crippen LogP contribution is -2.36. The maximum atomic E-state index is 12.3. The number of pyridine rings is 1. The Hall–Kier alpha value is -2.63. The van der Waals surface area contributed by atoms with E-state index in [1.807, 2.05) is 12.1 Å². The Bertz CT molecular complexity index is 1170. The maximum absolute atomic E-state index is 12.3. The first-order chi connectivity index (χ1) is 14.0. The molecule has 0 saturated heterocycles. The van der Waals surface area contributed by atoms with Crippen molar-refractivity contribution in [2.45, 2.75) is 6.42 Å². The molecule has 4 heterocycles. The summed E-state index contributed by atoms with van der Waals surface area (Å²) in [4.78, 5) is 19.3. The molecule has 0 atom stereocenters. The number of nitrogens with zero attached hydrogens (tertiary/aromatic N) is 5. The molecule has 1 aliphatic heterocycles. The molecule has 11 heteroatoms. The number of hydrogen-bond acceptors (Lipinski definition) is 9. The Morgan fingerprint density at radius 3 is 2.93 bits per heavy atom. The van der Waals surface area contributed by atoms with Crippen molar-refractivity contribution in [2.24, 2.45) is 5.16 Å². The highest BCUT2D eigenvalue weighted by Crippen LogP contribution is 2.41. The van der Waals surface area contributed by atoms with Crippen LogP contribution in [0.15, 0.2) is 48.5 Å². The Morgan fingerprint density at radius 1 is 1.34 bits per heavy atom. The van der Waals surface area contributed by atoms with Crippen LogP contribution < -0.4 is 4.31 Å². The molecule has 4 rings (SSSR count). The quantitative estimate of drug-likeness (QED) is 0.326. The predicted octanol–water partition coefficient (Wildman–Crippen LogP) is 3.41. The van der Waals surface area contributed by atoms with Gasteiger partial charge < -0.3 is 4.84 Å². The van der Waals surface area contributed by atoms with Gasteiger partial charge in [-0.1, -0.05) is 29.1 Å². The van der Waals surface area contributed by atoms with Crippen molar-refractivity contribution in [1.82, 2.24) is 15.0 Å². The van der Waals surface area contributed by atoms with E-state index < -0.39 is 10.0 Å². The van der Waals surface area contributed by atoms with Crippen LogP contribution in [0.5, 0.6) is 0 Å². The van der Waals surface area contributed by atoms with Crippen LogP contribution in [0.2, 0.25) is 0 Å². The zero-order valence-corrected chi connectivity index (χ0v) is 17.9. The van der Waals surface area contributed by atoms with Crippen LogP contribution in [0.3, 0.4) is 0 Å². The van der Waals surface area contributed by atoms with Gasteiger partial charge in [-0.25, -0.2) is 18.4 Å². The van der Waals surface area contributed by atoms with Crippen LogP contribution in [0, 0.1) is 0 Å². The summed E-state index contributed by atoms with van der Waals surface area (Å²) in [5.74, 6) is 0. The number of fused-ring (bicyclic) bond motifs is 1. The molecule has 0 aromatic carbocycles. The van der Waals surface area contributed by atoms with Gasteiger partial charge in [-0.15, -0.1) is 11.3 Å². The average Bonchev–Trinajstić information content (AvgIpc) is 3.35. The molecule has 0 N–H and O–H groups in total. The molecule has 0 amide bonds. The van der Waals surface area contributed by atoms with E-state index in [1.165, 1.54) is 33.2 Å². The SMILES string of the molecule is C=CCON=C1CCN(S(C)(=O)=O)c2sc(-c3cnc(-c4cccnc4)s3)nc21. The molecule has 0 radical (unpaired) electrons. The third-order valence-electron chi connectivity index (χ3n) is 4.05. The smallest absolute Gasteiger partial charge is 0.232 e. The summed E-state index contributed by atoms with van der Waals surface area (Å²) < 4.78 is 25.9. The topological polar surface area (TPSA) is 97.6 Å². The minimum atomic E-state index is -3.42. The van der Waals surface area contributed by atoms with Gasteiger partial charge in [0.1, 0.15) is 33.0 Å². The fourth-order valence-corrected chi connectivity index (χ4v) is 6.07. The van der Waals surface area contributed by atoms with Gasteiger partial charge in [-0.2, -0.15) is 0 Å². The van der Waals surface area contributed by atoms with Gasteiger partial charge in [-0.3, -0.25) is 9.29 Å². The number of oxime groups is 1. The third-order valence-corrected chi connectivity index (χ3v) is 7.63. The predicted molar refractivity (Wildman–Crippen MR) is 116 cm³/mol. The second-order valence-corrected chi connectivity index (χ2v) is 10.1. The van der Waals surface area contributed by atoms with Crippen molar-refractivity contribution in [2.75, 3.05) is 23.7 Å². The monoisotopic (exact) mass is 447 g/mol. The summed E-state index contributed by atoms with van der Waals surface area (Å²) in [6, 6.07) is 3.80. The lowest BCUT2D eigenvalue weighted by atomic mass is 10.1. The lowest BCUT2D eigenvalue weighted by Gasteiger charge is -2.25. The zero-order valence-electron chi connectivity index (χ0n) is 15.5. The highest BCUT2D eigenvalue weighted by Gasteiger charge is 2.32. The van der Waals surface area contributed by atoms with Crippen molar-refractivity contribution in [1.29, 1.82) is 0 Å². The summed E-state index contributed by atoms with van der Waals surface area (Å²) in [5.41, 5.74) is 2.08. The van der Waals surface area contributed by atoms with E-state index in [4.69, 9.17) is 4.84 Å². The summed E-state index contributed by atoms with van der Waals surface area (Å²) in [7, 11) is -3.42. The fraction of sp³-hybridized carbons (Fsp3) is 0.222. The normalized spacial score (nSPS) is 15.3. The fourth-order valence-electron chi connectivity index (χ4n) is 2.77. The summed E-state index contributed by atoms with van der Waals surface area (Å²) >= 11 is 2.79. The van der Waals surface area contributed by atoms with Crippen LogP contribution in [0.4, 0.5) is 5.00 Å². The van der Waals surface area contributed by atoms with Gasteiger partial charge in [0.25, 0.3) is 0 Å². The van der Waals surface area contributed by atoms with Crippen molar-refractivity contribution in [3.05, 3.63) is 49.1 Å². The second-order valence-electron chi connectivity index (χ2n) is 6.15. The molecule has 3 aromatic heterocycles. The van der Waals surface area contributed by atoms with E-state index in [0.29, 0.717) is 34.4 Å². The van der Waals surface area contributed by atoms with E-state index >= 15 is 0 Å². The molecule has 0 fully saturated rings. The number of aromatic nitrogens is 3. The van der Waals surface area contributed by atoms with E-state index in [0.717, 1.165) is 15.4 Å². The minimum Gasteiger partial charge on any atom is -0.391 e. The van der Waals surface area contributed by atoms with Gasteiger partial charge in [0.05, 0.1) is 11.1 Å². The van der Waals surface area contributed by atoms with E-state index in [-0.39, 0.29) is 6.61 Å². The number of anilines is 1. The molecular weight excluding hydrogens is 430 g/mol. The highest BCUT2D eigenvalue weighted by molar-refractivity contribution is 7.92. The van der Waals surface area contributed by atoms with Crippen LogP contribution >= 0.6 is 22.7 Å². The van der Waals surface area contributed by atoms with Gasteiger partial charge in [0, 0.05) is 37.1 Å².